The molecular weight excluding hydrogens is 821 g/mol. The van der Waals surface area contributed by atoms with Crippen LogP contribution in [0.15, 0.2) is 72.8 Å². The molecule has 66 heavy (non-hydrogen) atoms. The summed E-state index contributed by atoms with van der Waals surface area (Å²) in [6, 6.07) is 18.6. The lowest BCUT2D eigenvalue weighted by Crippen LogP contribution is -2.28. The molecule has 7 heteroatoms. The average molecular weight is 905 g/mol. The molecule has 2 aliphatic rings. The van der Waals surface area contributed by atoms with Crippen molar-refractivity contribution in [2.75, 3.05) is 33.0 Å². The van der Waals surface area contributed by atoms with Gasteiger partial charge in [0.05, 0.1) is 33.0 Å². The second-order valence-electron chi connectivity index (χ2n) is 20.3. The van der Waals surface area contributed by atoms with Crippen LogP contribution >= 0.6 is 0 Å². The molecule has 2 aliphatic carbocycles. The summed E-state index contributed by atoms with van der Waals surface area (Å²) in [5.74, 6) is 3.43. The Kier molecular flexibility index (Phi) is 21.1. The summed E-state index contributed by atoms with van der Waals surface area (Å²) in [4.78, 5) is 24.5. The molecule has 5 rings (SSSR count). The highest BCUT2D eigenvalue weighted by molar-refractivity contribution is 5.87. The van der Waals surface area contributed by atoms with E-state index in [2.05, 4.69) is 82.5 Å². The van der Waals surface area contributed by atoms with Crippen LogP contribution in [-0.2, 0) is 44.7 Å². The van der Waals surface area contributed by atoms with Gasteiger partial charge in [-0.2, -0.15) is 0 Å². The van der Waals surface area contributed by atoms with Crippen LogP contribution in [0.1, 0.15) is 172 Å². The largest absolute Gasteiger partial charge is 0.493 e. The third-order valence-corrected chi connectivity index (χ3v) is 14.9. The van der Waals surface area contributed by atoms with Crippen molar-refractivity contribution in [3.05, 3.63) is 101 Å². The Balaban J connectivity index is 1.38. The summed E-state index contributed by atoms with van der Waals surface area (Å²) in [7, 11) is 0. The molecule has 3 aromatic carbocycles. The zero-order valence-electron chi connectivity index (χ0n) is 41.7. The molecule has 0 unspecified atom stereocenters. The molecule has 7 nitrogen and oxygen atoms in total. The van der Waals surface area contributed by atoms with Crippen molar-refractivity contribution < 1.29 is 34.0 Å². The Labute approximate surface area is 398 Å². The lowest BCUT2D eigenvalue weighted by Gasteiger charge is -2.38. The highest BCUT2D eigenvalue weighted by Gasteiger charge is 2.31. The average Bonchev–Trinajstić information content (AvgIpc) is 3.34. The predicted octanol–water partition coefficient (Wildman–Crippen LogP) is 13.7. The van der Waals surface area contributed by atoms with E-state index in [-0.39, 0.29) is 26.4 Å². The normalized spacial score (nSPS) is 18.7. The van der Waals surface area contributed by atoms with Crippen LogP contribution in [0.3, 0.4) is 0 Å². The van der Waals surface area contributed by atoms with Crippen molar-refractivity contribution in [3.63, 3.8) is 0 Å². The van der Waals surface area contributed by atoms with Gasteiger partial charge in [0.2, 0.25) is 0 Å². The van der Waals surface area contributed by atoms with Crippen LogP contribution < -0.4 is 4.74 Å². The minimum absolute atomic E-state index is 0.158. The number of esters is 2. The minimum Gasteiger partial charge on any atom is -0.493 e. The van der Waals surface area contributed by atoms with E-state index in [1.54, 1.807) is 13.8 Å². The van der Waals surface area contributed by atoms with E-state index in [0.29, 0.717) is 55.8 Å². The molecule has 2 N–H and O–H groups in total. The summed E-state index contributed by atoms with van der Waals surface area (Å²) >= 11 is 0. The van der Waals surface area contributed by atoms with Crippen molar-refractivity contribution in [3.8, 4) is 28.0 Å². The van der Waals surface area contributed by atoms with Crippen LogP contribution in [-0.4, -0.2) is 55.2 Å². The SMILES string of the molecule is C=C(C)C(=O)OCCCc1cc(-c2ccc(-c3ccc(C4CCC(C5CCC(CCCCC)CC5)CC4)cc3CC)cc2CC)cc(CCCOC(=O)C(=C)C)c1OCCC(C)(CO)CO. The summed E-state index contributed by atoms with van der Waals surface area (Å²) in [5, 5.41) is 20.0. The van der Waals surface area contributed by atoms with E-state index in [0.717, 1.165) is 58.6 Å². The van der Waals surface area contributed by atoms with Crippen molar-refractivity contribution in [1.29, 1.82) is 0 Å². The van der Waals surface area contributed by atoms with E-state index >= 15 is 0 Å². The first kappa shape index (κ1) is 52.8. The Hall–Kier alpha value is -4.20. The molecule has 2 fully saturated rings. The van der Waals surface area contributed by atoms with Gasteiger partial charge in [-0.25, -0.2) is 9.59 Å². The van der Waals surface area contributed by atoms with Crippen molar-refractivity contribution >= 4 is 11.9 Å². The molecule has 0 saturated heterocycles. The number of unbranched alkanes of at least 4 members (excludes halogenated alkanes) is 2. The number of hydrogen-bond donors (Lipinski definition) is 2. The summed E-state index contributed by atoms with van der Waals surface area (Å²) in [5.41, 5.74) is 11.0. The first-order valence-corrected chi connectivity index (χ1v) is 25.7. The van der Waals surface area contributed by atoms with Gasteiger partial charge in [-0.3, -0.25) is 0 Å². The van der Waals surface area contributed by atoms with Crippen molar-refractivity contribution in [2.24, 2.45) is 23.2 Å². The standard InChI is InChI=1S/C59H84O7/c1-9-12-13-16-43-19-21-46(22-20-43)47-23-25-48(26-24-47)49-27-29-54(44(10-2)35-49)50-28-30-55(45(11-3)36-50)53-37-51(17-14-32-65-57(62)41(4)5)56(64-34-31-59(8,39-60)40-61)52(38-53)18-15-33-66-58(63)42(6)7/h27-30,35-38,43,46-48,60-61H,4,6,9-26,31-34,39-40H2,1-3,5,7-8H3. The second kappa shape index (κ2) is 26.4. The maximum absolute atomic E-state index is 12.2. The molecule has 0 radical (unpaired) electrons. The maximum atomic E-state index is 12.2. The summed E-state index contributed by atoms with van der Waals surface area (Å²) in [6.07, 6.45) is 21.5. The van der Waals surface area contributed by atoms with Gasteiger partial charge in [-0.05, 0) is 183 Å². The fourth-order valence-corrected chi connectivity index (χ4v) is 10.5. The smallest absolute Gasteiger partial charge is 0.333 e. The van der Waals surface area contributed by atoms with Gasteiger partial charge < -0.3 is 24.4 Å². The van der Waals surface area contributed by atoms with E-state index < -0.39 is 17.4 Å². The van der Waals surface area contributed by atoms with Crippen LogP contribution in [0.4, 0.5) is 0 Å². The monoisotopic (exact) mass is 905 g/mol. The molecule has 3 aromatic rings. The number of ether oxygens (including phenoxy) is 3. The summed E-state index contributed by atoms with van der Waals surface area (Å²) < 4.78 is 17.6. The third kappa shape index (κ3) is 14.9. The van der Waals surface area contributed by atoms with Crippen LogP contribution in [0.5, 0.6) is 5.75 Å². The van der Waals surface area contributed by atoms with Crippen LogP contribution in [0.2, 0.25) is 0 Å². The lowest BCUT2D eigenvalue weighted by atomic mass is 9.68. The molecule has 0 heterocycles. The Morgan fingerprint density at radius 2 is 1.15 bits per heavy atom. The molecule has 0 spiro atoms. The van der Waals surface area contributed by atoms with E-state index in [4.69, 9.17) is 14.2 Å². The van der Waals surface area contributed by atoms with Gasteiger partial charge in [0.25, 0.3) is 0 Å². The lowest BCUT2D eigenvalue weighted by molar-refractivity contribution is -0.139. The van der Waals surface area contributed by atoms with Gasteiger partial charge in [0, 0.05) is 16.6 Å². The fourth-order valence-electron chi connectivity index (χ4n) is 10.5. The number of aliphatic hydroxyl groups excluding tert-OH is 2. The Morgan fingerprint density at radius 3 is 1.68 bits per heavy atom. The molecule has 0 atom stereocenters. The number of benzene rings is 3. The molecule has 362 valence electrons. The molecule has 0 aromatic heterocycles. The van der Waals surface area contributed by atoms with E-state index in [9.17, 15) is 19.8 Å². The molecular formula is C59H84O7. The summed E-state index contributed by atoms with van der Waals surface area (Å²) in [6.45, 7) is 19.8. The van der Waals surface area contributed by atoms with Gasteiger partial charge >= 0.3 is 11.9 Å². The number of aryl methyl sites for hydroxylation is 4. The number of carbonyl (C=O) groups excluding carboxylic acids is 2. The predicted molar refractivity (Wildman–Crippen MR) is 271 cm³/mol. The Bertz CT molecular complexity index is 1990. The van der Waals surface area contributed by atoms with Crippen molar-refractivity contribution in [1.82, 2.24) is 0 Å². The molecule has 0 bridgehead atoms. The van der Waals surface area contributed by atoms with E-state index in [1.165, 1.54) is 105 Å². The fraction of sp³-hybridized carbons (Fsp3) is 0.593. The topological polar surface area (TPSA) is 102 Å². The van der Waals surface area contributed by atoms with Gasteiger partial charge in [0.1, 0.15) is 5.75 Å². The first-order chi connectivity index (χ1) is 31.8. The first-order valence-electron chi connectivity index (χ1n) is 25.7. The van der Waals surface area contributed by atoms with Crippen LogP contribution in [0, 0.1) is 23.2 Å². The zero-order valence-corrected chi connectivity index (χ0v) is 41.7. The van der Waals surface area contributed by atoms with E-state index in [1.807, 2.05) is 6.92 Å². The van der Waals surface area contributed by atoms with Gasteiger partial charge in [-0.1, -0.05) is 116 Å². The second-order valence-corrected chi connectivity index (χ2v) is 20.3. The van der Waals surface area contributed by atoms with Crippen molar-refractivity contribution in [2.45, 2.75) is 169 Å². The molecule has 0 amide bonds. The Morgan fingerprint density at radius 1 is 0.636 bits per heavy atom. The number of carbonyl (C=O) groups is 2. The minimum atomic E-state index is -0.685. The number of hydrogen-bond acceptors (Lipinski definition) is 7. The third-order valence-electron chi connectivity index (χ3n) is 14.9. The van der Waals surface area contributed by atoms with Gasteiger partial charge in [-0.15, -0.1) is 0 Å². The quantitative estimate of drug-likeness (QED) is 0.0470. The highest BCUT2D eigenvalue weighted by Crippen LogP contribution is 2.45. The highest BCUT2D eigenvalue weighted by atomic mass is 16.5. The zero-order chi connectivity index (χ0) is 47.6. The molecule has 0 aliphatic heterocycles. The van der Waals surface area contributed by atoms with Crippen LogP contribution in [0.25, 0.3) is 22.3 Å². The maximum Gasteiger partial charge on any atom is 0.333 e. The number of rotatable bonds is 26. The van der Waals surface area contributed by atoms with Gasteiger partial charge in [0.15, 0.2) is 0 Å². The number of aliphatic hydroxyl groups is 2. The molecule has 2 saturated carbocycles.